The number of halogens is 2. The third kappa shape index (κ3) is 2.11. The number of benzene rings is 1. The molecule has 0 saturated heterocycles. The van der Waals surface area contributed by atoms with Crippen LogP contribution in [0.2, 0.25) is 0 Å². The maximum atomic E-state index is 13.0. The van der Waals surface area contributed by atoms with Crippen molar-refractivity contribution in [1.82, 2.24) is 14.8 Å². The molecular weight excluding hydrogens is 293 g/mol. The van der Waals surface area contributed by atoms with Crippen molar-refractivity contribution in [3.8, 4) is 5.69 Å². The minimum atomic E-state index is -0.763. The van der Waals surface area contributed by atoms with Crippen LogP contribution >= 0.6 is 15.9 Å². The van der Waals surface area contributed by atoms with Gasteiger partial charge in [0.15, 0.2) is 0 Å². The van der Waals surface area contributed by atoms with Crippen LogP contribution in [0.15, 0.2) is 22.9 Å². The van der Waals surface area contributed by atoms with Gasteiger partial charge in [-0.15, -0.1) is 5.10 Å². The fraction of sp³-hybridized carbons (Fsp3) is 0. The van der Waals surface area contributed by atoms with Crippen LogP contribution in [0.5, 0.6) is 0 Å². The van der Waals surface area contributed by atoms with Crippen molar-refractivity contribution in [1.29, 1.82) is 0 Å². The normalized spacial score (nSPS) is 10.5. The van der Waals surface area contributed by atoms with Crippen molar-refractivity contribution in [2.75, 3.05) is 5.73 Å². The first-order valence-electron chi connectivity index (χ1n) is 4.47. The Balaban J connectivity index is 2.67. The van der Waals surface area contributed by atoms with Crippen molar-refractivity contribution < 1.29 is 9.18 Å². The molecule has 2 rings (SSSR count). The summed E-state index contributed by atoms with van der Waals surface area (Å²) in [5.74, 6) is -1.30. The number of aromatic nitrogens is 3. The summed E-state index contributed by atoms with van der Waals surface area (Å²) in [6.45, 7) is 0. The highest BCUT2D eigenvalue weighted by molar-refractivity contribution is 9.10. The van der Waals surface area contributed by atoms with E-state index in [1.807, 2.05) is 0 Å². The average molecular weight is 300 g/mol. The molecule has 88 valence electrons. The fourth-order valence-electron chi connectivity index (χ4n) is 1.35. The largest absolute Gasteiger partial charge is 0.366 e. The van der Waals surface area contributed by atoms with E-state index in [0.29, 0.717) is 10.4 Å². The molecule has 0 unspecified atom stereocenters. The monoisotopic (exact) mass is 299 g/mol. The van der Waals surface area contributed by atoms with E-state index in [1.54, 1.807) is 0 Å². The maximum absolute atomic E-state index is 13.0. The second kappa shape index (κ2) is 4.13. The standard InChI is InChI=1S/C9H7BrFN5O/c10-8-14-9(13)15-16(8)6-2-1-4(11)3-5(6)7(12)17/h1-3H,(H2,12,17)(H2,13,15). The first-order chi connectivity index (χ1) is 7.99. The summed E-state index contributed by atoms with van der Waals surface area (Å²) >= 11 is 3.12. The molecule has 0 aliphatic heterocycles. The van der Waals surface area contributed by atoms with Gasteiger partial charge in [-0.25, -0.2) is 9.07 Å². The predicted octanol–water partition coefficient (Wildman–Crippen LogP) is 0.850. The molecule has 1 aromatic heterocycles. The van der Waals surface area contributed by atoms with Gasteiger partial charge in [0.2, 0.25) is 10.7 Å². The number of rotatable bonds is 2. The van der Waals surface area contributed by atoms with Gasteiger partial charge in [-0.1, -0.05) is 0 Å². The van der Waals surface area contributed by atoms with E-state index in [9.17, 15) is 9.18 Å². The summed E-state index contributed by atoms with van der Waals surface area (Å²) in [5, 5.41) is 3.86. The average Bonchev–Trinajstić information content (AvgIpc) is 2.57. The Hall–Kier alpha value is -1.96. The van der Waals surface area contributed by atoms with Crippen molar-refractivity contribution in [2.45, 2.75) is 0 Å². The molecular formula is C9H7BrFN5O. The lowest BCUT2D eigenvalue weighted by molar-refractivity contribution is 0.0999. The van der Waals surface area contributed by atoms with E-state index >= 15 is 0 Å². The number of nitrogens with zero attached hydrogens (tertiary/aromatic N) is 3. The SMILES string of the molecule is NC(=O)c1cc(F)ccc1-n1nc(N)nc1Br. The third-order valence-corrected chi connectivity index (χ3v) is 2.55. The summed E-state index contributed by atoms with van der Waals surface area (Å²) < 4.78 is 14.6. The zero-order chi connectivity index (χ0) is 12.6. The van der Waals surface area contributed by atoms with E-state index in [0.717, 1.165) is 6.07 Å². The number of hydrogen-bond donors (Lipinski definition) is 2. The molecule has 17 heavy (non-hydrogen) atoms. The molecule has 6 nitrogen and oxygen atoms in total. The number of anilines is 1. The van der Waals surface area contributed by atoms with Crippen molar-refractivity contribution in [3.05, 3.63) is 34.3 Å². The Labute approximate surface area is 104 Å². The van der Waals surface area contributed by atoms with Gasteiger partial charge in [0.25, 0.3) is 5.91 Å². The molecule has 1 amide bonds. The molecule has 0 saturated carbocycles. The van der Waals surface area contributed by atoms with Gasteiger partial charge in [-0.05, 0) is 34.1 Å². The lowest BCUT2D eigenvalue weighted by Crippen LogP contribution is -2.15. The lowest BCUT2D eigenvalue weighted by atomic mass is 10.1. The predicted molar refractivity (Wildman–Crippen MR) is 61.9 cm³/mol. The van der Waals surface area contributed by atoms with E-state index in [2.05, 4.69) is 26.0 Å². The molecule has 8 heteroatoms. The Morgan fingerprint density at radius 1 is 1.47 bits per heavy atom. The van der Waals surface area contributed by atoms with Crippen LogP contribution < -0.4 is 11.5 Å². The number of primary amides is 1. The molecule has 0 spiro atoms. The summed E-state index contributed by atoms with van der Waals surface area (Å²) in [6.07, 6.45) is 0. The Bertz CT molecular complexity index is 597. The van der Waals surface area contributed by atoms with Crippen LogP contribution in [-0.4, -0.2) is 20.7 Å². The topological polar surface area (TPSA) is 99.8 Å². The highest BCUT2D eigenvalue weighted by atomic mass is 79.9. The van der Waals surface area contributed by atoms with Gasteiger partial charge in [-0.2, -0.15) is 4.98 Å². The van der Waals surface area contributed by atoms with E-state index in [1.165, 1.54) is 16.8 Å². The molecule has 0 aliphatic carbocycles. The van der Waals surface area contributed by atoms with Gasteiger partial charge in [-0.3, -0.25) is 4.79 Å². The summed E-state index contributed by atoms with van der Waals surface area (Å²) in [7, 11) is 0. The van der Waals surface area contributed by atoms with Crippen LogP contribution in [0.25, 0.3) is 5.69 Å². The van der Waals surface area contributed by atoms with Crippen molar-refractivity contribution in [3.63, 3.8) is 0 Å². The second-order valence-electron chi connectivity index (χ2n) is 3.18. The fourth-order valence-corrected chi connectivity index (χ4v) is 1.80. The van der Waals surface area contributed by atoms with Crippen LogP contribution in [0, 0.1) is 5.82 Å². The second-order valence-corrected chi connectivity index (χ2v) is 3.89. The summed E-state index contributed by atoms with van der Waals surface area (Å²) in [6, 6.07) is 3.59. The van der Waals surface area contributed by atoms with Crippen molar-refractivity contribution >= 4 is 27.8 Å². The lowest BCUT2D eigenvalue weighted by Gasteiger charge is -2.06. The Morgan fingerprint density at radius 3 is 2.71 bits per heavy atom. The highest BCUT2D eigenvalue weighted by Gasteiger charge is 2.15. The minimum Gasteiger partial charge on any atom is -0.366 e. The van der Waals surface area contributed by atoms with Crippen molar-refractivity contribution in [2.24, 2.45) is 5.73 Å². The number of hydrogen-bond acceptors (Lipinski definition) is 4. The number of carbonyl (C=O) groups is 1. The molecule has 1 aromatic carbocycles. The van der Waals surface area contributed by atoms with Crippen LogP contribution in [0.1, 0.15) is 10.4 Å². The first kappa shape index (κ1) is 11.5. The van der Waals surface area contributed by atoms with E-state index < -0.39 is 11.7 Å². The molecule has 0 aliphatic rings. The van der Waals surface area contributed by atoms with Gasteiger partial charge < -0.3 is 11.5 Å². The number of nitrogens with two attached hydrogens (primary N) is 2. The van der Waals surface area contributed by atoms with Crippen LogP contribution in [0.3, 0.4) is 0 Å². The van der Waals surface area contributed by atoms with Gasteiger partial charge in [0, 0.05) is 0 Å². The summed E-state index contributed by atoms with van der Waals surface area (Å²) in [4.78, 5) is 15.0. The van der Waals surface area contributed by atoms with Gasteiger partial charge in [0.05, 0.1) is 11.3 Å². The number of amides is 1. The number of carbonyl (C=O) groups excluding carboxylic acids is 1. The molecule has 0 radical (unpaired) electrons. The third-order valence-electron chi connectivity index (χ3n) is 2.04. The first-order valence-corrected chi connectivity index (χ1v) is 5.26. The zero-order valence-electron chi connectivity index (χ0n) is 8.39. The highest BCUT2D eigenvalue weighted by Crippen LogP contribution is 2.20. The van der Waals surface area contributed by atoms with Crippen LogP contribution in [0.4, 0.5) is 10.3 Å². The van der Waals surface area contributed by atoms with Gasteiger partial charge >= 0.3 is 0 Å². The molecule has 1 heterocycles. The molecule has 0 atom stereocenters. The van der Waals surface area contributed by atoms with E-state index in [4.69, 9.17) is 11.5 Å². The Morgan fingerprint density at radius 2 is 2.18 bits per heavy atom. The zero-order valence-corrected chi connectivity index (χ0v) is 9.98. The Kier molecular flexibility index (Phi) is 2.80. The number of nitrogen functional groups attached to an aromatic ring is 1. The summed E-state index contributed by atoms with van der Waals surface area (Å²) in [5.41, 5.74) is 10.9. The minimum absolute atomic E-state index is 0.00407. The van der Waals surface area contributed by atoms with Gasteiger partial charge in [0.1, 0.15) is 5.82 Å². The molecule has 4 N–H and O–H groups in total. The maximum Gasteiger partial charge on any atom is 0.251 e. The molecule has 2 aromatic rings. The quantitative estimate of drug-likeness (QED) is 0.858. The van der Waals surface area contributed by atoms with E-state index in [-0.39, 0.29) is 11.5 Å². The molecule has 0 fully saturated rings. The smallest absolute Gasteiger partial charge is 0.251 e. The molecule has 0 bridgehead atoms. The van der Waals surface area contributed by atoms with Crippen LogP contribution in [-0.2, 0) is 0 Å².